The summed E-state index contributed by atoms with van der Waals surface area (Å²) in [5.74, 6) is 0.742. The van der Waals surface area contributed by atoms with Crippen molar-refractivity contribution >= 4 is 50.5 Å². The second kappa shape index (κ2) is 8.31. The number of halogens is 1. The Bertz CT molecular complexity index is 953. The molecule has 0 spiro atoms. The highest BCUT2D eigenvalue weighted by Gasteiger charge is 2.32. The van der Waals surface area contributed by atoms with Crippen molar-refractivity contribution in [2.45, 2.75) is 20.8 Å². The van der Waals surface area contributed by atoms with Crippen molar-refractivity contribution in [2.24, 2.45) is 4.99 Å². The van der Waals surface area contributed by atoms with E-state index in [-0.39, 0.29) is 5.91 Å². The molecule has 1 amide bonds. The normalized spacial score (nSPS) is 17.2. The van der Waals surface area contributed by atoms with E-state index in [1.807, 2.05) is 43.3 Å². The molecule has 1 fully saturated rings. The zero-order valence-corrected chi connectivity index (χ0v) is 18.1. The number of rotatable bonds is 4. The SMILES string of the molecule is CCN1C(=O)C(=Cc2ccc(OC)c(Br)c2)SC1=Nc1ccc(C)c(C)c1. The molecule has 1 aliphatic heterocycles. The lowest BCUT2D eigenvalue weighted by atomic mass is 10.1. The zero-order chi connectivity index (χ0) is 19.6. The molecule has 0 N–H and O–H groups in total. The minimum Gasteiger partial charge on any atom is -0.496 e. The molecule has 2 aromatic carbocycles. The summed E-state index contributed by atoms with van der Waals surface area (Å²) in [5, 5.41) is 0.713. The van der Waals surface area contributed by atoms with Crippen molar-refractivity contribution in [3.05, 3.63) is 62.5 Å². The van der Waals surface area contributed by atoms with Crippen LogP contribution in [0.15, 0.2) is 50.8 Å². The fourth-order valence-corrected chi connectivity index (χ4v) is 4.32. The molecule has 1 aliphatic rings. The fraction of sp³-hybridized carbons (Fsp3) is 0.238. The number of carbonyl (C=O) groups excluding carboxylic acids is 1. The Morgan fingerprint density at radius 2 is 1.96 bits per heavy atom. The zero-order valence-electron chi connectivity index (χ0n) is 15.7. The Morgan fingerprint density at radius 1 is 1.19 bits per heavy atom. The molecule has 2 aromatic rings. The minimum atomic E-state index is -0.0166. The van der Waals surface area contributed by atoms with E-state index in [0.717, 1.165) is 21.5 Å². The predicted molar refractivity (Wildman–Crippen MR) is 117 cm³/mol. The molecule has 0 radical (unpaired) electrons. The van der Waals surface area contributed by atoms with E-state index in [4.69, 9.17) is 9.73 Å². The van der Waals surface area contributed by atoms with Gasteiger partial charge in [-0.1, -0.05) is 12.1 Å². The number of amidine groups is 1. The maximum atomic E-state index is 12.8. The van der Waals surface area contributed by atoms with Crippen LogP contribution < -0.4 is 4.74 Å². The Balaban J connectivity index is 1.93. The molecule has 0 unspecified atom stereocenters. The quantitative estimate of drug-likeness (QED) is 0.567. The fourth-order valence-electron chi connectivity index (χ4n) is 2.70. The van der Waals surface area contributed by atoms with Gasteiger partial charge in [-0.05, 0) is 95.5 Å². The average molecular weight is 445 g/mol. The molecular weight excluding hydrogens is 424 g/mol. The number of methoxy groups -OCH3 is 1. The van der Waals surface area contributed by atoms with Gasteiger partial charge in [0.2, 0.25) is 0 Å². The van der Waals surface area contributed by atoms with Crippen molar-refractivity contribution in [1.82, 2.24) is 4.90 Å². The molecule has 1 heterocycles. The molecule has 0 bridgehead atoms. The van der Waals surface area contributed by atoms with Crippen LogP contribution in [0.3, 0.4) is 0 Å². The topological polar surface area (TPSA) is 41.9 Å². The summed E-state index contributed by atoms with van der Waals surface area (Å²) >= 11 is 4.89. The van der Waals surface area contributed by atoms with Gasteiger partial charge in [0.25, 0.3) is 5.91 Å². The van der Waals surface area contributed by atoms with E-state index in [0.29, 0.717) is 16.6 Å². The number of aliphatic imine (C=N–C) groups is 1. The highest BCUT2D eigenvalue weighted by molar-refractivity contribution is 9.10. The van der Waals surface area contributed by atoms with Crippen molar-refractivity contribution in [3.63, 3.8) is 0 Å². The maximum Gasteiger partial charge on any atom is 0.266 e. The van der Waals surface area contributed by atoms with Gasteiger partial charge in [-0.25, -0.2) is 4.99 Å². The van der Waals surface area contributed by atoms with Gasteiger partial charge in [-0.2, -0.15) is 0 Å². The van der Waals surface area contributed by atoms with Gasteiger partial charge in [0, 0.05) is 6.54 Å². The van der Waals surface area contributed by atoms with Crippen LogP contribution in [-0.4, -0.2) is 29.6 Å². The van der Waals surface area contributed by atoms with Gasteiger partial charge in [-0.3, -0.25) is 9.69 Å². The van der Waals surface area contributed by atoms with Crippen molar-refractivity contribution in [3.8, 4) is 5.75 Å². The number of hydrogen-bond acceptors (Lipinski definition) is 4. The van der Waals surface area contributed by atoms with Gasteiger partial charge in [0.05, 0.1) is 22.2 Å². The van der Waals surface area contributed by atoms with E-state index in [1.165, 1.54) is 22.9 Å². The number of likely N-dealkylation sites (N-methyl/N-ethyl adjacent to an activating group) is 1. The summed E-state index contributed by atoms with van der Waals surface area (Å²) in [6.45, 7) is 6.68. The molecule has 6 heteroatoms. The molecule has 27 heavy (non-hydrogen) atoms. The summed E-state index contributed by atoms with van der Waals surface area (Å²) in [4.78, 5) is 19.9. The Kier molecular flexibility index (Phi) is 6.07. The smallest absolute Gasteiger partial charge is 0.266 e. The second-order valence-corrected chi connectivity index (χ2v) is 8.08. The number of carbonyl (C=O) groups is 1. The Hall–Kier alpha value is -2.05. The van der Waals surface area contributed by atoms with Gasteiger partial charge in [0.1, 0.15) is 5.75 Å². The van der Waals surface area contributed by atoms with Crippen LogP contribution in [0.2, 0.25) is 0 Å². The van der Waals surface area contributed by atoms with E-state index in [2.05, 4.69) is 35.8 Å². The molecule has 0 atom stereocenters. The van der Waals surface area contributed by atoms with E-state index >= 15 is 0 Å². The van der Waals surface area contributed by atoms with Crippen LogP contribution >= 0.6 is 27.7 Å². The molecule has 140 valence electrons. The number of thioether (sulfide) groups is 1. The Morgan fingerprint density at radius 3 is 2.59 bits per heavy atom. The first kappa shape index (κ1) is 19.7. The maximum absolute atomic E-state index is 12.8. The van der Waals surface area contributed by atoms with Gasteiger partial charge in [0.15, 0.2) is 5.17 Å². The van der Waals surface area contributed by atoms with Crippen LogP contribution in [0.4, 0.5) is 5.69 Å². The number of hydrogen-bond donors (Lipinski definition) is 0. The molecule has 0 aromatic heterocycles. The highest BCUT2D eigenvalue weighted by atomic mass is 79.9. The summed E-state index contributed by atoms with van der Waals surface area (Å²) in [7, 11) is 1.63. The van der Waals surface area contributed by atoms with Crippen LogP contribution in [0.1, 0.15) is 23.6 Å². The number of amides is 1. The standard InChI is InChI=1S/C21H21BrN2O2S/c1-5-24-20(25)19(12-15-7-9-18(26-4)17(22)11-15)27-21(24)23-16-8-6-13(2)14(3)10-16/h6-12H,5H2,1-4H3. The first-order valence-corrected chi connectivity index (χ1v) is 10.2. The first-order chi connectivity index (χ1) is 12.9. The van der Waals surface area contributed by atoms with E-state index < -0.39 is 0 Å². The number of aryl methyl sites for hydroxylation is 2. The summed E-state index contributed by atoms with van der Waals surface area (Å²) < 4.78 is 6.11. The van der Waals surface area contributed by atoms with Gasteiger partial charge < -0.3 is 4.74 Å². The lowest BCUT2D eigenvalue weighted by Gasteiger charge is -2.12. The minimum absolute atomic E-state index is 0.0166. The second-order valence-electron chi connectivity index (χ2n) is 6.22. The van der Waals surface area contributed by atoms with Crippen LogP contribution in [0, 0.1) is 13.8 Å². The van der Waals surface area contributed by atoms with Crippen molar-refractivity contribution in [2.75, 3.05) is 13.7 Å². The largest absolute Gasteiger partial charge is 0.496 e. The number of benzene rings is 2. The third-order valence-electron chi connectivity index (χ3n) is 4.39. The molecule has 0 saturated carbocycles. The lowest BCUT2D eigenvalue weighted by molar-refractivity contribution is -0.122. The Labute approximate surface area is 172 Å². The summed E-state index contributed by atoms with van der Waals surface area (Å²) in [6.07, 6.45) is 1.89. The third kappa shape index (κ3) is 4.28. The monoisotopic (exact) mass is 444 g/mol. The van der Waals surface area contributed by atoms with Crippen LogP contribution in [0.25, 0.3) is 6.08 Å². The third-order valence-corrected chi connectivity index (χ3v) is 6.02. The number of ether oxygens (including phenoxy) is 1. The van der Waals surface area contributed by atoms with Gasteiger partial charge in [-0.15, -0.1) is 0 Å². The molecule has 0 aliphatic carbocycles. The first-order valence-electron chi connectivity index (χ1n) is 8.63. The summed E-state index contributed by atoms with van der Waals surface area (Å²) in [5.41, 5.74) is 4.21. The molecular formula is C21H21BrN2O2S. The molecule has 3 rings (SSSR count). The van der Waals surface area contributed by atoms with E-state index in [9.17, 15) is 4.79 Å². The van der Waals surface area contributed by atoms with Crippen LogP contribution in [-0.2, 0) is 4.79 Å². The number of nitrogens with zero attached hydrogens (tertiary/aromatic N) is 2. The summed E-state index contributed by atoms with van der Waals surface area (Å²) in [6, 6.07) is 11.8. The average Bonchev–Trinajstić information content (AvgIpc) is 2.93. The predicted octanol–water partition coefficient (Wildman–Crippen LogP) is 5.70. The molecule has 4 nitrogen and oxygen atoms in total. The van der Waals surface area contributed by atoms with Gasteiger partial charge >= 0.3 is 0 Å². The van der Waals surface area contributed by atoms with Crippen molar-refractivity contribution in [1.29, 1.82) is 0 Å². The van der Waals surface area contributed by atoms with E-state index in [1.54, 1.807) is 12.0 Å². The van der Waals surface area contributed by atoms with Crippen molar-refractivity contribution < 1.29 is 9.53 Å². The molecule has 1 saturated heterocycles. The highest BCUT2D eigenvalue weighted by Crippen LogP contribution is 2.35. The lowest BCUT2D eigenvalue weighted by Crippen LogP contribution is -2.28. The van der Waals surface area contributed by atoms with Crippen LogP contribution in [0.5, 0.6) is 5.75 Å².